The average molecular weight is 336 g/mol. The molecule has 0 amide bonds. The molecule has 0 radical (unpaired) electrons. The van der Waals surface area contributed by atoms with E-state index in [9.17, 15) is 0 Å². The Morgan fingerprint density at radius 1 is 0.577 bits per heavy atom. The number of rotatable bonds is 3. The molecule has 0 saturated carbocycles. The normalized spacial score (nSPS) is 11.4. The first-order chi connectivity index (χ1) is 12.9. The summed E-state index contributed by atoms with van der Waals surface area (Å²) >= 11 is 0. The molecule has 0 bridgehead atoms. The fourth-order valence-electron chi connectivity index (χ4n) is 3.28. The van der Waals surface area contributed by atoms with Crippen LogP contribution in [0.3, 0.4) is 0 Å². The quantitative estimate of drug-likeness (QED) is 0.455. The number of para-hydroxylation sites is 2. The molecule has 0 spiro atoms. The fraction of sp³-hybridized carbons (Fsp3) is 0.0909. The van der Waals surface area contributed by atoms with Crippen LogP contribution in [0, 0.1) is 0 Å². The predicted molar refractivity (Wildman–Crippen MR) is 104 cm³/mol. The van der Waals surface area contributed by atoms with Gasteiger partial charge in [0.15, 0.2) is 0 Å². The molecule has 5 aromatic rings. The lowest BCUT2D eigenvalue weighted by molar-refractivity contribution is 0.885. The van der Waals surface area contributed by atoms with E-state index in [4.69, 9.17) is 9.97 Å². The number of fused-ring (bicyclic) bond motifs is 4. The van der Waals surface area contributed by atoms with Crippen molar-refractivity contribution in [2.45, 2.75) is 12.8 Å². The number of nitrogens with zero attached hydrogens (tertiary/aromatic N) is 4. The first kappa shape index (κ1) is 14.9. The molecule has 26 heavy (non-hydrogen) atoms. The minimum atomic E-state index is 0.814. The molecule has 4 heteroatoms. The molecule has 0 aliphatic heterocycles. The Bertz CT molecular complexity index is 1250. The first-order valence-corrected chi connectivity index (χ1v) is 8.71. The van der Waals surface area contributed by atoms with Crippen LogP contribution in [0.1, 0.15) is 11.4 Å². The van der Waals surface area contributed by atoms with Gasteiger partial charge >= 0.3 is 0 Å². The molecular weight excluding hydrogens is 320 g/mol. The number of pyridine rings is 2. The summed E-state index contributed by atoms with van der Waals surface area (Å²) in [6, 6.07) is 20.4. The average Bonchev–Trinajstić information content (AvgIpc) is 2.72. The molecule has 0 N–H and O–H groups in total. The van der Waals surface area contributed by atoms with Crippen LogP contribution in [-0.2, 0) is 12.8 Å². The minimum absolute atomic E-state index is 0.814. The molecule has 0 atom stereocenters. The van der Waals surface area contributed by atoms with Crippen LogP contribution in [0.5, 0.6) is 0 Å². The van der Waals surface area contributed by atoms with Crippen molar-refractivity contribution in [2.75, 3.05) is 0 Å². The molecule has 5 rings (SSSR count). The highest BCUT2D eigenvalue weighted by atomic mass is 14.8. The third-order valence-corrected chi connectivity index (χ3v) is 4.63. The van der Waals surface area contributed by atoms with Gasteiger partial charge in [0, 0.05) is 28.9 Å². The Morgan fingerprint density at radius 2 is 1.35 bits per heavy atom. The maximum Gasteiger partial charge on any atom is 0.0967 e. The largest absolute Gasteiger partial charge is 0.254 e. The molecule has 3 heterocycles. The summed E-state index contributed by atoms with van der Waals surface area (Å²) in [7, 11) is 0. The van der Waals surface area contributed by atoms with Gasteiger partial charge in [0.1, 0.15) is 0 Å². The molecule has 124 valence electrons. The van der Waals surface area contributed by atoms with Crippen LogP contribution in [-0.4, -0.2) is 19.9 Å². The molecule has 0 aliphatic rings. The maximum atomic E-state index is 4.87. The van der Waals surface area contributed by atoms with Crippen molar-refractivity contribution in [3.63, 3.8) is 0 Å². The zero-order chi connectivity index (χ0) is 17.3. The molecule has 0 fully saturated rings. The third kappa shape index (κ3) is 2.65. The zero-order valence-corrected chi connectivity index (χ0v) is 14.1. The Kier molecular flexibility index (Phi) is 3.53. The highest BCUT2D eigenvalue weighted by Gasteiger charge is 2.06. The van der Waals surface area contributed by atoms with Crippen molar-refractivity contribution in [2.24, 2.45) is 0 Å². The van der Waals surface area contributed by atoms with Gasteiger partial charge in [-0.25, -0.2) is 4.98 Å². The summed E-state index contributed by atoms with van der Waals surface area (Å²) in [4.78, 5) is 18.6. The number of benzene rings is 2. The monoisotopic (exact) mass is 336 g/mol. The van der Waals surface area contributed by atoms with Crippen LogP contribution in [0.2, 0.25) is 0 Å². The molecule has 3 aromatic heterocycles. The lowest BCUT2D eigenvalue weighted by atomic mass is 10.1. The van der Waals surface area contributed by atoms with Gasteiger partial charge in [-0.2, -0.15) is 0 Å². The van der Waals surface area contributed by atoms with Crippen molar-refractivity contribution in [1.82, 2.24) is 19.9 Å². The number of hydrogen-bond acceptors (Lipinski definition) is 4. The second-order valence-electron chi connectivity index (χ2n) is 6.37. The fourth-order valence-corrected chi connectivity index (χ4v) is 3.28. The number of aromatic nitrogens is 4. The van der Waals surface area contributed by atoms with Crippen molar-refractivity contribution >= 4 is 32.8 Å². The van der Waals surface area contributed by atoms with Gasteiger partial charge < -0.3 is 0 Å². The van der Waals surface area contributed by atoms with E-state index in [-0.39, 0.29) is 0 Å². The molecule has 0 aliphatic carbocycles. The molecule has 4 nitrogen and oxygen atoms in total. The Balaban J connectivity index is 1.47. The van der Waals surface area contributed by atoms with E-state index in [1.54, 1.807) is 0 Å². The standard InChI is InChI=1S/C22H16N4/c1-2-6-20-19(5-1)24-14-18(25-20)12-11-17-10-9-16-8-7-15-4-3-13-23-21(15)22(16)26-17/h1-10,13-14H,11-12H2. The van der Waals surface area contributed by atoms with E-state index in [0.29, 0.717) is 0 Å². The van der Waals surface area contributed by atoms with E-state index in [1.165, 1.54) is 0 Å². The van der Waals surface area contributed by atoms with Crippen molar-refractivity contribution < 1.29 is 0 Å². The SMILES string of the molecule is c1cnc2c(c1)ccc1ccc(CCc3cnc4ccccc4n3)nc12. The highest BCUT2D eigenvalue weighted by Crippen LogP contribution is 2.22. The predicted octanol–water partition coefficient (Wildman–Crippen LogP) is 4.51. The summed E-state index contributed by atoms with van der Waals surface area (Å²) in [5.41, 5.74) is 5.82. The Hall–Kier alpha value is -3.40. The molecule has 0 unspecified atom stereocenters. The van der Waals surface area contributed by atoms with E-state index >= 15 is 0 Å². The van der Waals surface area contributed by atoms with E-state index in [2.05, 4.69) is 40.3 Å². The highest BCUT2D eigenvalue weighted by molar-refractivity contribution is 6.02. The van der Waals surface area contributed by atoms with Gasteiger partial charge in [0.25, 0.3) is 0 Å². The summed E-state index contributed by atoms with van der Waals surface area (Å²) in [6.07, 6.45) is 5.32. The number of hydrogen-bond donors (Lipinski definition) is 0. The van der Waals surface area contributed by atoms with E-state index < -0.39 is 0 Å². The maximum absolute atomic E-state index is 4.87. The topological polar surface area (TPSA) is 51.6 Å². The lowest BCUT2D eigenvalue weighted by Gasteiger charge is -2.06. The summed E-state index contributed by atoms with van der Waals surface area (Å²) in [6.45, 7) is 0. The Labute approximate surface area is 150 Å². The van der Waals surface area contributed by atoms with Crippen LogP contribution in [0.25, 0.3) is 32.8 Å². The summed E-state index contributed by atoms with van der Waals surface area (Å²) in [5.74, 6) is 0. The van der Waals surface area contributed by atoms with Crippen LogP contribution < -0.4 is 0 Å². The van der Waals surface area contributed by atoms with Crippen LogP contribution in [0.4, 0.5) is 0 Å². The van der Waals surface area contributed by atoms with Gasteiger partial charge in [-0.15, -0.1) is 0 Å². The van der Waals surface area contributed by atoms with Gasteiger partial charge in [-0.1, -0.05) is 36.4 Å². The smallest absolute Gasteiger partial charge is 0.0967 e. The van der Waals surface area contributed by atoms with Gasteiger partial charge in [-0.05, 0) is 37.1 Å². The summed E-state index contributed by atoms with van der Waals surface area (Å²) < 4.78 is 0. The van der Waals surface area contributed by atoms with Crippen LogP contribution in [0.15, 0.2) is 73.1 Å². The third-order valence-electron chi connectivity index (χ3n) is 4.63. The lowest BCUT2D eigenvalue weighted by Crippen LogP contribution is -1.99. The van der Waals surface area contributed by atoms with Crippen molar-refractivity contribution in [1.29, 1.82) is 0 Å². The van der Waals surface area contributed by atoms with Crippen molar-refractivity contribution in [3.8, 4) is 0 Å². The first-order valence-electron chi connectivity index (χ1n) is 8.71. The van der Waals surface area contributed by atoms with Crippen molar-refractivity contribution in [3.05, 3.63) is 84.4 Å². The Morgan fingerprint density at radius 3 is 2.27 bits per heavy atom. The minimum Gasteiger partial charge on any atom is -0.254 e. The zero-order valence-electron chi connectivity index (χ0n) is 14.1. The molecular formula is C22H16N4. The summed E-state index contributed by atoms with van der Waals surface area (Å²) in [5, 5.41) is 2.23. The second kappa shape index (κ2) is 6.15. The number of aryl methyl sites for hydroxylation is 2. The van der Waals surface area contributed by atoms with Gasteiger partial charge in [-0.3, -0.25) is 15.0 Å². The van der Waals surface area contributed by atoms with E-state index in [1.807, 2.05) is 42.7 Å². The molecule has 0 saturated heterocycles. The van der Waals surface area contributed by atoms with Gasteiger partial charge in [0.05, 0.1) is 27.8 Å². The molecule has 2 aromatic carbocycles. The van der Waals surface area contributed by atoms with Crippen LogP contribution >= 0.6 is 0 Å². The van der Waals surface area contributed by atoms with E-state index in [0.717, 1.165) is 57.1 Å². The second-order valence-corrected chi connectivity index (χ2v) is 6.37. The van der Waals surface area contributed by atoms with Gasteiger partial charge in [0.2, 0.25) is 0 Å².